The highest BCUT2D eigenvalue weighted by Crippen LogP contribution is 2.34. The second-order valence-electron chi connectivity index (χ2n) is 5.39. The van der Waals surface area contributed by atoms with Crippen LogP contribution in [-0.2, 0) is 10.0 Å². The van der Waals surface area contributed by atoms with Crippen molar-refractivity contribution < 1.29 is 30.7 Å². The normalized spacial score (nSPS) is 13.7. The van der Waals surface area contributed by atoms with Crippen LogP contribution in [0.4, 0.5) is 17.6 Å². The first-order valence-electron chi connectivity index (χ1n) is 7.35. The first kappa shape index (κ1) is 19.0. The van der Waals surface area contributed by atoms with Crippen LogP contribution in [0.15, 0.2) is 47.6 Å². The molecule has 0 unspecified atom stereocenters. The molecule has 0 radical (unpaired) electrons. The molecule has 0 amide bonds. The number of aromatic nitrogens is 3. The van der Waals surface area contributed by atoms with E-state index < -0.39 is 38.6 Å². The SMILES string of the molecule is COc1ccc2ncc(S(=O)(=O)N[C@H](c3ccc(F)cc3)C(F)(F)F)n2n1. The van der Waals surface area contributed by atoms with Crippen molar-refractivity contribution in [1.82, 2.24) is 19.3 Å². The highest BCUT2D eigenvalue weighted by molar-refractivity contribution is 7.89. The molecule has 3 rings (SSSR count). The zero-order valence-electron chi connectivity index (χ0n) is 13.6. The molecule has 1 aromatic carbocycles. The van der Waals surface area contributed by atoms with Gasteiger partial charge in [-0.3, -0.25) is 0 Å². The predicted octanol–water partition coefficient (Wildman–Crippen LogP) is 2.46. The molecule has 0 saturated carbocycles. The van der Waals surface area contributed by atoms with Gasteiger partial charge in [-0.1, -0.05) is 12.1 Å². The maximum Gasteiger partial charge on any atom is 0.408 e. The molecular formula is C15H12F4N4O3S. The summed E-state index contributed by atoms with van der Waals surface area (Å²) in [6.07, 6.45) is -4.08. The molecule has 0 fully saturated rings. The van der Waals surface area contributed by atoms with Crippen LogP contribution in [0.2, 0.25) is 0 Å². The number of rotatable bonds is 5. The lowest BCUT2D eigenvalue weighted by Crippen LogP contribution is -2.38. The molecular weight excluding hydrogens is 392 g/mol. The Morgan fingerprint density at radius 3 is 2.41 bits per heavy atom. The van der Waals surface area contributed by atoms with Crippen LogP contribution in [0, 0.1) is 5.82 Å². The molecule has 1 atom stereocenters. The van der Waals surface area contributed by atoms with Crippen LogP contribution in [-0.4, -0.2) is 36.3 Å². The Bertz CT molecular complexity index is 1060. The molecule has 0 saturated heterocycles. The third-order valence-corrected chi connectivity index (χ3v) is 4.97. The topological polar surface area (TPSA) is 85.6 Å². The summed E-state index contributed by atoms with van der Waals surface area (Å²) in [7, 11) is -3.39. The molecule has 0 aliphatic carbocycles. The monoisotopic (exact) mass is 404 g/mol. The number of hydrogen-bond donors (Lipinski definition) is 1. The summed E-state index contributed by atoms with van der Waals surface area (Å²) in [4.78, 5) is 3.81. The number of alkyl halides is 3. The maximum absolute atomic E-state index is 13.4. The summed E-state index contributed by atoms with van der Waals surface area (Å²) in [6, 6.07) is 3.55. The van der Waals surface area contributed by atoms with Crippen molar-refractivity contribution in [2.45, 2.75) is 17.2 Å². The van der Waals surface area contributed by atoms with Crippen molar-refractivity contribution in [3.05, 3.63) is 54.0 Å². The van der Waals surface area contributed by atoms with Gasteiger partial charge in [0.1, 0.15) is 11.9 Å². The summed E-state index contributed by atoms with van der Waals surface area (Å²) in [6.45, 7) is 0. The van der Waals surface area contributed by atoms with Gasteiger partial charge in [0, 0.05) is 6.07 Å². The number of nitrogens with one attached hydrogen (secondary N) is 1. The van der Waals surface area contributed by atoms with Gasteiger partial charge < -0.3 is 4.74 Å². The number of nitrogens with zero attached hydrogens (tertiary/aromatic N) is 3. The van der Waals surface area contributed by atoms with Gasteiger partial charge in [-0.25, -0.2) is 17.8 Å². The molecule has 0 aliphatic heterocycles. The van der Waals surface area contributed by atoms with E-state index in [0.29, 0.717) is 0 Å². The van der Waals surface area contributed by atoms with E-state index in [-0.39, 0.29) is 11.5 Å². The van der Waals surface area contributed by atoms with Crippen molar-refractivity contribution in [3.8, 4) is 5.88 Å². The Labute approximate surface area is 150 Å². The molecule has 144 valence electrons. The summed E-state index contributed by atoms with van der Waals surface area (Å²) >= 11 is 0. The molecule has 0 aliphatic rings. The molecule has 2 heterocycles. The fourth-order valence-electron chi connectivity index (χ4n) is 2.32. The largest absolute Gasteiger partial charge is 0.480 e. The van der Waals surface area contributed by atoms with Crippen molar-refractivity contribution >= 4 is 15.7 Å². The van der Waals surface area contributed by atoms with E-state index in [1.807, 2.05) is 0 Å². The van der Waals surface area contributed by atoms with E-state index in [4.69, 9.17) is 4.74 Å². The van der Waals surface area contributed by atoms with Crippen LogP contribution in [0.3, 0.4) is 0 Å². The summed E-state index contributed by atoms with van der Waals surface area (Å²) in [5, 5.41) is 3.25. The second-order valence-corrected chi connectivity index (χ2v) is 7.05. The van der Waals surface area contributed by atoms with Crippen molar-refractivity contribution in [2.24, 2.45) is 0 Å². The first-order chi connectivity index (χ1) is 12.6. The number of ether oxygens (including phenoxy) is 1. The van der Waals surface area contributed by atoms with E-state index in [9.17, 15) is 26.0 Å². The molecule has 0 spiro atoms. The Hall–Kier alpha value is -2.73. The standard InChI is InChI=1S/C15H12F4N4O3S/c1-26-12-7-6-11-20-8-13(23(11)21-12)27(24,25)22-14(15(17,18)19)9-2-4-10(16)5-3-9/h2-8,14,22H,1H3/t14-/m1/s1. The summed E-state index contributed by atoms with van der Waals surface area (Å²) in [5.74, 6) is -0.705. The van der Waals surface area contributed by atoms with Crippen LogP contribution in [0.1, 0.15) is 11.6 Å². The Balaban J connectivity index is 2.04. The van der Waals surface area contributed by atoms with E-state index in [1.165, 1.54) is 19.2 Å². The van der Waals surface area contributed by atoms with Gasteiger partial charge in [0.2, 0.25) is 5.88 Å². The third-order valence-electron chi connectivity index (χ3n) is 3.59. The number of benzene rings is 1. The fraction of sp³-hybridized carbons (Fsp3) is 0.200. The predicted molar refractivity (Wildman–Crippen MR) is 85.1 cm³/mol. The average Bonchev–Trinajstić information content (AvgIpc) is 3.03. The zero-order valence-corrected chi connectivity index (χ0v) is 14.4. The molecule has 0 bridgehead atoms. The molecule has 12 heteroatoms. The Morgan fingerprint density at radius 1 is 1.15 bits per heavy atom. The van der Waals surface area contributed by atoms with Crippen LogP contribution >= 0.6 is 0 Å². The lowest BCUT2D eigenvalue weighted by Gasteiger charge is -2.21. The van der Waals surface area contributed by atoms with Crippen LogP contribution in [0.5, 0.6) is 5.88 Å². The average molecular weight is 404 g/mol. The summed E-state index contributed by atoms with van der Waals surface area (Å²) < 4.78 is 85.8. The van der Waals surface area contributed by atoms with Crippen LogP contribution in [0.25, 0.3) is 5.65 Å². The second kappa shape index (κ2) is 6.78. The smallest absolute Gasteiger partial charge is 0.408 e. The fourth-order valence-corrected chi connectivity index (χ4v) is 3.58. The summed E-state index contributed by atoms with van der Waals surface area (Å²) in [5.41, 5.74) is -0.367. The lowest BCUT2D eigenvalue weighted by molar-refractivity contribution is -0.153. The number of halogens is 4. The number of fused-ring (bicyclic) bond motifs is 1. The number of imidazole rings is 1. The number of sulfonamides is 1. The van der Waals surface area contributed by atoms with E-state index in [1.54, 1.807) is 4.72 Å². The quantitative estimate of drug-likeness (QED) is 0.661. The number of hydrogen-bond acceptors (Lipinski definition) is 5. The molecule has 3 aromatic rings. The minimum Gasteiger partial charge on any atom is -0.480 e. The van der Waals surface area contributed by atoms with Gasteiger partial charge >= 0.3 is 6.18 Å². The molecule has 7 nitrogen and oxygen atoms in total. The van der Waals surface area contributed by atoms with Gasteiger partial charge in [0.15, 0.2) is 10.7 Å². The minimum atomic E-state index is -4.96. The molecule has 27 heavy (non-hydrogen) atoms. The van der Waals surface area contributed by atoms with Gasteiger partial charge in [0.25, 0.3) is 10.0 Å². The van der Waals surface area contributed by atoms with Crippen LogP contribution < -0.4 is 9.46 Å². The molecule has 2 aromatic heterocycles. The highest BCUT2D eigenvalue weighted by atomic mass is 32.2. The van der Waals surface area contributed by atoms with Gasteiger partial charge in [-0.2, -0.15) is 22.4 Å². The van der Waals surface area contributed by atoms with Crippen molar-refractivity contribution in [1.29, 1.82) is 0 Å². The van der Waals surface area contributed by atoms with Gasteiger partial charge in [0.05, 0.1) is 13.3 Å². The van der Waals surface area contributed by atoms with Crippen molar-refractivity contribution in [2.75, 3.05) is 7.11 Å². The molecule has 1 N–H and O–H groups in total. The third kappa shape index (κ3) is 3.85. The Morgan fingerprint density at radius 2 is 1.81 bits per heavy atom. The van der Waals surface area contributed by atoms with Gasteiger partial charge in [-0.15, -0.1) is 5.10 Å². The zero-order chi connectivity index (χ0) is 19.8. The number of methoxy groups -OCH3 is 1. The Kier molecular flexibility index (Phi) is 4.78. The van der Waals surface area contributed by atoms with E-state index >= 15 is 0 Å². The van der Waals surface area contributed by atoms with Crippen molar-refractivity contribution in [3.63, 3.8) is 0 Å². The first-order valence-corrected chi connectivity index (χ1v) is 8.83. The maximum atomic E-state index is 13.4. The highest BCUT2D eigenvalue weighted by Gasteiger charge is 2.44. The lowest BCUT2D eigenvalue weighted by atomic mass is 10.1. The van der Waals surface area contributed by atoms with Gasteiger partial charge in [-0.05, 0) is 23.8 Å². The minimum absolute atomic E-state index is 0.0443. The van der Waals surface area contributed by atoms with E-state index in [0.717, 1.165) is 35.0 Å². The van der Waals surface area contributed by atoms with E-state index in [2.05, 4.69) is 10.1 Å².